The van der Waals surface area contributed by atoms with Gasteiger partial charge in [0.15, 0.2) is 5.69 Å². The third-order valence-corrected chi connectivity index (χ3v) is 5.03. The number of phenolic OH excluding ortho intramolecular Hbond substituents is 1. The van der Waals surface area contributed by atoms with Crippen molar-refractivity contribution in [2.45, 2.75) is 65.8 Å². The SMILES string of the molecule is Cc1csc[n+]1CC(=O)c1ccc(O)c(C(C)(C)C)c1C(C)(C)C.[Br-]. The average molecular weight is 426 g/mol. The molecule has 2 aromatic rings. The van der Waals surface area contributed by atoms with E-state index >= 15 is 0 Å². The number of carbonyl (C=O) groups excluding carboxylic acids is 1. The van der Waals surface area contributed by atoms with E-state index in [4.69, 9.17) is 0 Å². The van der Waals surface area contributed by atoms with Crippen molar-refractivity contribution in [1.29, 1.82) is 0 Å². The van der Waals surface area contributed by atoms with Gasteiger partial charge in [0.2, 0.25) is 17.8 Å². The number of thiazole rings is 1. The monoisotopic (exact) mass is 425 g/mol. The average Bonchev–Trinajstić information content (AvgIpc) is 2.81. The second-order valence-corrected chi connectivity index (χ2v) is 9.15. The third kappa shape index (κ3) is 4.70. The van der Waals surface area contributed by atoms with E-state index < -0.39 is 0 Å². The lowest BCUT2D eigenvalue weighted by atomic mass is 9.72. The highest BCUT2D eigenvalue weighted by Gasteiger charge is 2.33. The molecule has 0 atom stereocenters. The van der Waals surface area contributed by atoms with Gasteiger partial charge in [-0.3, -0.25) is 4.79 Å². The molecule has 1 N–H and O–H groups in total. The van der Waals surface area contributed by atoms with Crippen molar-refractivity contribution in [3.8, 4) is 5.75 Å². The molecule has 0 aliphatic rings. The first-order chi connectivity index (χ1) is 10.9. The Kier molecular flexibility index (Phi) is 6.63. The van der Waals surface area contributed by atoms with Gasteiger partial charge in [-0.25, -0.2) is 0 Å². The van der Waals surface area contributed by atoms with Crippen LogP contribution in [0.1, 0.15) is 68.7 Å². The number of carbonyl (C=O) groups is 1. The van der Waals surface area contributed by atoms with E-state index in [1.54, 1.807) is 23.5 Å². The number of aromatic hydroxyl groups is 1. The lowest BCUT2D eigenvalue weighted by Gasteiger charge is -2.32. The molecule has 138 valence electrons. The number of hydrogen-bond donors (Lipinski definition) is 1. The van der Waals surface area contributed by atoms with Crippen LogP contribution >= 0.6 is 11.3 Å². The Morgan fingerprint density at radius 2 is 1.64 bits per heavy atom. The minimum absolute atomic E-state index is 0. The molecule has 0 saturated heterocycles. The van der Waals surface area contributed by atoms with Crippen LogP contribution in [0.15, 0.2) is 23.0 Å². The summed E-state index contributed by atoms with van der Waals surface area (Å²) >= 11 is 1.59. The largest absolute Gasteiger partial charge is 1.00 e. The maximum absolute atomic E-state index is 13.0. The molecule has 0 saturated carbocycles. The van der Waals surface area contributed by atoms with Crippen molar-refractivity contribution in [3.63, 3.8) is 0 Å². The van der Waals surface area contributed by atoms with E-state index in [-0.39, 0.29) is 39.3 Å². The Morgan fingerprint density at radius 1 is 1.08 bits per heavy atom. The first-order valence-electron chi connectivity index (χ1n) is 8.25. The van der Waals surface area contributed by atoms with Crippen molar-refractivity contribution in [1.82, 2.24) is 0 Å². The highest BCUT2D eigenvalue weighted by molar-refractivity contribution is 7.07. The van der Waals surface area contributed by atoms with Crippen LogP contribution in [0.25, 0.3) is 0 Å². The van der Waals surface area contributed by atoms with Gasteiger partial charge in [0.05, 0.1) is 5.38 Å². The minimum atomic E-state index is -0.242. The normalized spacial score (nSPS) is 12.0. The van der Waals surface area contributed by atoms with Crippen LogP contribution in [0.5, 0.6) is 5.75 Å². The number of aryl methyl sites for hydroxylation is 1. The Bertz CT molecular complexity index is 767. The standard InChI is InChI=1S/C20H27NO2S.BrH/c1-13-11-24-12-21(13)10-16(23)14-8-9-15(22)18(20(5,6)7)17(14)19(2,3)4;/h8-9,11-12H,10H2,1-7H3;1H. The van der Waals surface area contributed by atoms with Crippen LogP contribution in [0.2, 0.25) is 0 Å². The molecule has 2 rings (SSSR count). The number of Topliss-reactive ketones (excluding diaryl/α,β-unsaturated/α-hetero) is 1. The van der Waals surface area contributed by atoms with Gasteiger partial charge in [0.25, 0.3) is 0 Å². The van der Waals surface area contributed by atoms with E-state index in [0.717, 1.165) is 16.8 Å². The molecule has 0 bridgehead atoms. The molecule has 0 amide bonds. The van der Waals surface area contributed by atoms with E-state index in [0.29, 0.717) is 12.1 Å². The van der Waals surface area contributed by atoms with Crippen LogP contribution in [-0.4, -0.2) is 10.9 Å². The van der Waals surface area contributed by atoms with E-state index in [9.17, 15) is 9.90 Å². The lowest BCUT2D eigenvalue weighted by molar-refractivity contribution is -0.684. The van der Waals surface area contributed by atoms with Gasteiger partial charge in [-0.15, -0.1) is 0 Å². The fraction of sp³-hybridized carbons (Fsp3) is 0.500. The van der Waals surface area contributed by atoms with Crippen molar-refractivity contribution < 1.29 is 31.4 Å². The van der Waals surface area contributed by atoms with E-state index in [1.807, 2.05) is 22.4 Å². The molecule has 1 aromatic heterocycles. The van der Waals surface area contributed by atoms with Gasteiger partial charge in [-0.05, 0) is 28.5 Å². The summed E-state index contributed by atoms with van der Waals surface area (Å²) in [6.07, 6.45) is 0. The molecule has 0 fully saturated rings. The number of halogens is 1. The molecule has 1 aromatic carbocycles. The number of nitrogens with zero attached hydrogens (tertiary/aromatic N) is 1. The molecule has 3 nitrogen and oxygen atoms in total. The molecule has 0 aliphatic carbocycles. The zero-order valence-electron chi connectivity index (χ0n) is 16.1. The highest BCUT2D eigenvalue weighted by atomic mass is 79.9. The highest BCUT2D eigenvalue weighted by Crippen LogP contribution is 2.41. The van der Waals surface area contributed by atoms with Crippen LogP contribution < -0.4 is 21.5 Å². The first kappa shape index (κ1) is 21.8. The summed E-state index contributed by atoms with van der Waals surface area (Å²) in [5, 5.41) is 12.5. The minimum Gasteiger partial charge on any atom is -1.00 e. The molecule has 25 heavy (non-hydrogen) atoms. The van der Waals surface area contributed by atoms with Gasteiger partial charge in [-0.2, -0.15) is 4.57 Å². The van der Waals surface area contributed by atoms with Crippen LogP contribution in [0.3, 0.4) is 0 Å². The zero-order chi connectivity index (χ0) is 18.3. The predicted molar refractivity (Wildman–Crippen MR) is 99.1 cm³/mol. The van der Waals surface area contributed by atoms with Gasteiger partial charge in [-0.1, -0.05) is 52.9 Å². The fourth-order valence-corrected chi connectivity index (χ4v) is 3.90. The molecule has 0 aliphatic heterocycles. The molecule has 0 spiro atoms. The molecule has 0 unspecified atom stereocenters. The Hall–Kier alpha value is -1.20. The van der Waals surface area contributed by atoms with Gasteiger partial charge >= 0.3 is 0 Å². The summed E-state index contributed by atoms with van der Waals surface area (Å²) in [4.78, 5) is 13.0. The Morgan fingerprint density at radius 3 is 2.08 bits per heavy atom. The second-order valence-electron chi connectivity index (χ2n) is 8.43. The lowest BCUT2D eigenvalue weighted by Crippen LogP contribution is -3.00. The molecule has 0 radical (unpaired) electrons. The summed E-state index contributed by atoms with van der Waals surface area (Å²) in [5.74, 6) is 0.347. The Balaban J connectivity index is 0.00000312. The number of aromatic nitrogens is 1. The number of ketones is 1. The van der Waals surface area contributed by atoms with Gasteiger partial charge < -0.3 is 22.1 Å². The first-order valence-corrected chi connectivity index (χ1v) is 9.19. The molecular weight excluding hydrogens is 398 g/mol. The summed E-state index contributed by atoms with van der Waals surface area (Å²) in [5.41, 5.74) is 5.11. The molecular formula is C20H28BrNO2S. The fourth-order valence-electron chi connectivity index (χ4n) is 3.12. The number of rotatable bonds is 3. The van der Waals surface area contributed by atoms with Crippen molar-refractivity contribution in [2.75, 3.05) is 0 Å². The maximum Gasteiger partial charge on any atom is 0.227 e. The van der Waals surface area contributed by atoms with E-state index in [2.05, 4.69) is 41.5 Å². The van der Waals surface area contributed by atoms with Crippen molar-refractivity contribution in [3.05, 3.63) is 45.4 Å². The summed E-state index contributed by atoms with van der Waals surface area (Å²) in [6, 6.07) is 3.43. The smallest absolute Gasteiger partial charge is 0.227 e. The summed E-state index contributed by atoms with van der Waals surface area (Å²) < 4.78 is 1.98. The summed E-state index contributed by atoms with van der Waals surface area (Å²) in [7, 11) is 0. The van der Waals surface area contributed by atoms with Crippen molar-refractivity contribution >= 4 is 17.1 Å². The van der Waals surface area contributed by atoms with Gasteiger partial charge in [0, 0.05) is 18.1 Å². The quantitative estimate of drug-likeness (QED) is 0.598. The number of hydrogen-bond acceptors (Lipinski definition) is 3. The van der Waals surface area contributed by atoms with Gasteiger partial charge in [0.1, 0.15) is 5.75 Å². The zero-order valence-corrected chi connectivity index (χ0v) is 18.5. The number of benzene rings is 1. The maximum atomic E-state index is 13.0. The topological polar surface area (TPSA) is 41.2 Å². The molecule has 1 heterocycles. The van der Waals surface area contributed by atoms with Crippen LogP contribution in [0.4, 0.5) is 0 Å². The molecule has 5 heteroatoms. The summed E-state index contributed by atoms with van der Waals surface area (Å²) in [6.45, 7) is 14.8. The van der Waals surface area contributed by atoms with E-state index in [1.165, 1.54) is 0 Å². The Labute approximate surface area is 165 Å². The predicted octanol–water partition coefficient (Wildman–Crippen LogP) is 1.53. The van der Waals surface area contributed by atoms with Crippen LogP contribution in [0, 0.1) is 6.92 Å². The number of phenols is 1. The third-order valence-electron chi connectivity index (χ3n) is 4.18. The van der Waals surface area contributed by atoms with Crippen LogP contribution in [-0.2, 0) is 17.4 Å². The van der Waals surface area contributed by atoms with Crippen molar-refractivity contribution in [2.24, 2.45) is 0 Å². The second kappa shape index (κ2) is 7.58.